The van der Waals surface area contributed by atoms with Crippen LogP contribution in [0, 0.1) is 0 Å². The summed E-state index contributed by atoms with van der Waals surface area (Å²) in [4.78, 5) is 6.76. The van der Waals surface area contributed by atoms with E-state index in [9.17, 15) is 0 Å². The van der Waals surface area contributed by atoms with Crippen molar-refractivity contribution in [1.29, 1.82) is 0 Å². The second-order valence-corrected chi connectivity index (χ2v) is 4.80. The SMILES string of the molecule is CCCN=C(NCC)NCCCN(C)c1ccccc1. The van der Waals surface area contributed by atoms with Crippen molar-refractivity contribution in [3.63, 3.8) is 0 Å². The van der Waals surface area contributed by atoms with Gasteiger partial charge >= 0.3 is 0 Å². The molecule has 0 radical (unpaired) electrons. The fraction of sp³-hybridized carbons (Fsp3) is 0.562. The molecule has 0 aliphatic rings. The zero-order valence-corrected chi connectivity index (χ0v) is 13.0. The Kier molecular flexibility index (Phi) is 8.27. The van der Waals surface area contributed by atoms with Crippen LogP contribution >= 0.6 is 0 Å². The molecular formula is C16H28N4. The second-order valence-electron chi connectivity index (χ2n) is 4.80. The van der Waals surface area contributed by atoms with Crippen LogP contribution in [0.1, 0.15) is 26.7 Å². The Morgan fingerprint density at radius 2 is 1.90 bits per heavy atom. The topological polar surface area (TPSA) is 39.7 Å². The van der Waals surface area contributed by atoms with Gasteiger partial charge in [0.25, 0.3) is 0 Å². The second kappa shape index (κ2) is 10.1. The van der Waals surface area contributed by atoms with Gasteiger partial charge in [0.1, 0.15) is 0 Å². The van der Waals surface area contributed by atoms with Crippen molar-refractivity contribution in [3.8, 4) is 0 Å². The highest BCUT2D eigenvalue weighted by atomic mass is 15.2. The van der Waals surface area contributed by atoms with Crippen LogP contribution in [0.25, 0.3) is 0 Å². The summed E-state index contributed by atoms with van der Waals surface area (Å²) in [5.74, 6) is 0.928. The number of anilines is 1. The Morgan fingerprint density at radius 3 is 2.55 bits per heavy atom. The molecular weight excluding hydrogens is 248 g/mol. The van der Waals surface area contributed by atoms with Gasteiger partial charge in [0.05, 0.1) is 0 Å². The van der Waals surface area contributed by atoms with Gasteiger partial charge in [-0.15, -0.1) is 0 Å². The van der Waals surface area contributed by atoms with Crippen LogP contribution < -0.4 is 15.5 Å². The maximum absolute atomic E-state index is 4.49. The van der Waals surface area contributed by atoms with Crippen LogP contribution in [0.15, 0.2) is 35.3 Å². The average Bonchev–Trinajstić information content (AvgIpc) is 2.49. The van der Waals surface area contributed by atoms with E-state index in [4.69, 9.17) is 0 Å². The van der Waals surface area contributed by atoms with Crippen LogP contribution in [0.2, 0.25) is 0 Å². The van der Waals surface area contributed by atoms with Gasteiger partial charge in [0, 0.05) is 38.9 Å². The van der Waals surface area contributed by atoms with Gasteiger partial charge in [-0.25, -0.2) is 0 Å². The summed E-state index contributed by atoms with van der Waals surface area (Å²) in [7, 11) is 2.13. The van der Waals surface area contributed by atoms with Crippen LogP contribution in [0.4, 0.5) is 5.69 Å². The van der Waals surface area contributed by atoms with E-state index in [2.05, 4.69) is 65.7 Å². The molecule has 1 rings (SSSR count). The molecule has 0 heterocycles. The fourth-order valence-corrected chi connectivity index (χ4v) is 1.90. The van der Waals surface area contributed by atoms with Crippen molar-refractivity contribution in [3.05, 3.63) is 30.3 Å². The van der Waals surface area contributed by atoms with E-state index in [1.165, 1.54) is 5.69 Å². The summed E-state index contributed by atoms with van der Waals surface area (Å²) in [5.41, 5.74) is 1.26. The first-order chi connectivity index (χ1) is 9.77. The van der Waals surface area contributed by atoms with Crippen LogP contribution in [0.3, 0.4) is 0 Å². The monoisotopic (exact) mass is 276 g/mol. The predicted octanol–water partition coefficient (Wildman–Crippen LogP) is 2.48. The van der Waals surface area contributed by atoms with Crippen molar-refractivity contribution < 1.29 is 0 Å². The van der Waals surface area contributed by atoms with Gasteiger partial charge in [0.15, 0.2) is 5.96 Å². The first kappa shape index (κ1) is 16.3. The van der Waals surface area contributed by atoms with Crippen LogP contribution in [-0.4, -0.2) is 39.2 Å². The first-order valence-corrected chi connectivity index (χ1v) is 7.56. The Hall–Kier alpha value is -1.71. The molecule has 0 unspecified atom stereocenters. The van der Waals surface area contributed by atoms with Crippen molar-refractivity contribution in [1.82, 2.24) is 10.6 Å². The summed E-state index contributed by atoms with van der Waals surface area (Å²) >= 11 is 0. The minimum Gasteiger partial charge on any atom is -0.375 e. The number of hydrogen-bond donors (Lipinski definition) is 2. The summed E-state index contributed by atoms with van der Waals surface area (Å²) in [6.07, 6.45) is 2.16. The number of rotatable bonds is 8. The lowest BCUT2D eigenvalue weighted by Crippen LogP contribution is -2.38. The number of para-hydroxylation sites is 1. The fourth-order valence-electron chi connectivity index (χ4n) is 1.90. The standard InChI is InChI=1S/C16H28N4/c1-4-12-18-16(17-5-2)19-13-9-14-20(3)15-10-7-6-8-11-15/h6-8,10-11H,4-5,9,12-14H2,1-3H3,(H2,17,18,19). The Labute approximate surface area is 123 Å². The smallest absolute Gasteiger partial charge is 0.191 e. The van der Waals surface area contributed by atoms with Crippen molar-refractivity contribution in [2.24, 2.45) is 4.99 Å². The summed E-state index contributed by atoms with van der Waals surface area (Å²) in [6, 6.07) is 10.5. The molecule has 0 fully saturated rings. The molecule has 1 aromatic rings. The van der Waals surface area contributed by atoms with Crippen LogP contribution in [0.5, 0.6) is 0 Å². The van der Waals surface area contributed by atoms with Gasteiger partial charge in [0.2, 0.25) is 0 Å². The lowest BCUT2D eigenvalue weighted by atomic mass is 10.3. The molecule has 0 saturated carbocycles. The molecule has 0 amide bonds. The van der Waals surface area contributed by atoms with E-state index in [1.807, 2.05) is 6.07 Å². The number of guanidine groups is 1. The van der Waals surface area contributed by atoms with Crippen LogP contribution in [-0.2, 0) is 0 Å². The zero-order valence-electron chi connectivity index (χ0n) is 13.0. The predicted molar refractivity (Wildman–Crippen MR) is 88.6 cm³/mol. The Bertz CT molecular complexity index is 375. The van der Waals surface area contributed by atoms with Crippen molar-refractivity contribution >= 4 is 11.6 Å². The third-order valence-corrected chi connectivity index (χ3v) is 3.00. The van der Waals surface area contributed by atoms with Gasteiger partial charge in [-0.05, 0) is 31.9 Å². The lowest BCUT2D eigenvalue weighted by molar-refractivity contribution is 0.729. The highest BCUT2D eigenvalue weighted by molar-refractivity contribution is 5.79. The molecule has 0 atom stereocenters. The highest BCUT2D eigenvalue weighted by Crippen LogP contribution is 2.10. The minimum atomic E-state index is 0.874. The number of aliphatic imine (C=N–C) groups is 1. The third kappa shape index (κ3) is 6.45. The quantitative estimate of drug-likeness (QED) is 0.435. The molecule has 112 valence electrons. The molecule has 0 aliphatic heterocycles. The van der Waals surface area contributed by atoms with E-state index in [-0.39, 0.29) is 0 Å². The van der Waals surface area contributed by atoms with Gasteiger partial charge in [-0.1, -0.05) is 25.1 Å². The van der Waals surface area contributed by atoms with E-state index < -0.39 is 0 Å². The molecule has 4 nitrogen and oxygen atoms in total. The molecule has 0 spiro atoms. The minimum absolute atomic E-state index is 0.874. The molecule has 2 N–H and O–H groups in total. The Morgan fingerprint density at radius 1 is 1.15 bits per heavy atom. The molecule has 0 saturated heterocycles. The maximum Gasteiger partial charge on any atom is 0.191 e. The maximum atomic E-state index is 4.49. The molecule has 0 aromatic heterocycles. The highest BCUT2D eigenvalue weighted by Gasteiger charge is 2.00. The van der Waals surface area contributed by atoms with Gasteiger partial charge in [-0.3, -0.25) is 4.99 Å². The van der Waals surface area contributed by atoms with Gasteiger partial charge in [-0.2, -0.15) is 0 Å². The van der Waals surface area contributed by atoms with Crippen molar-refractivity contribution in [2.45, 2.75) is 26.7 Å². The van der Waals surface area contributed by atoms with Crippen molar-refractivity contribution in [2.75, 3.05) is 38.1 Å². The van der Waals surface area contributed by atoms with E-state index in [0.717, 1.165) is 45.0 Å². The largest absolute Gasteiger partial charge is 0.375 e. The zero-order chi connectivity index (χ0) is 14.6. The van der Waals surface area contributed by atoms with E-state index in [1.54, 1.807) is 0 Å². The van der Waals surface area contributed by atoms with E-state index in [0.29, 0.717) is 0 Å². The first-order valence-electron chi connectivity index (χ1n) is 7.56. The number of benzene rings is 1. The molecule has 0 bridgehead atoms. The van der Waals surface area contributed by atoms with Gasteiger partial charge < -0.3 is 15.5 Å². The normalized spacial score (nSPS) is 11.2. The molecule has 20 heavy (non-hydrogen) atoms. The number of hydrogen-bond acceptors (Lipinski definition) is 2. The lowest BCUT2D eigenvalue weighted by Gasteiger charge is -2.19. The summed E-state index contributed by atoms with van der Waals surface area (Å²) in [6.45, 7) is 7.98. The summed E-state index contributed by atoms with van der Waals surface area (Å²) in [5, 5.41) is 6.64. The average molecular weight is 276 g/mol. The molecule has 4 heteroatoms. The summed E-state index contributed by atoms with van der Waals surface area (Å²) < 4.78 is 0. The molecule has 1 aromatic carbocycles. The van der Waals surface area contributed by atoms with E-state index >= 15 is 0 Å². The Balaban J connectivity index is 2.26. The number of nitrogens with zero attached hydrogens (tertiary/aromatic N) is 2. The molecule has 0 aliphatic carbocycles. The number of nitrogens with one attached hydrogen (secondary N) is 2. The third-order valence-electron chi connectivity index (χ3n) is 3.00.